The first kappa shape index (κ1) is 32.8. The minimum absolute atomic E-state index is 0.00202. The molecule has 3 aromatic carbocycles. The number of carboxylic acids is 1. The number of fused-ring (bicyclic) bond motifs is 4. The van der Waals surface area contributed by atoms with Crippen molar-refractivity contribution in [3.8, 4) is 17.2 Å². The highest BCUT2D eigenvalue weighted by atomic mass is 79.9. The van der Waals surface area contributed by atoms with Crippen molar-refractivity contribution in [2.75, 3.05) is 16.9 Å². The molecule has 14 heteroatoms. The van der Waals surface area contributed by atoms with Crippen LogP contribution in [0.3, 0.4) is 0 Å². The average Bonchev–Trinajstić information content (AvgIpc) is 3.42. The highest BCUT2D eigenvalue weighted by Crippen LogP contribution is 2.65. The van der Waals surface area contributed by atoms with Crippen molar-refractivity contribution in [3.05, 3.63) is 86.6 Å². The number of methoxy groups -OCH3 is 1. The molecule has 11 nitrogen and oxygen atoms in total. The third-order valence-corrected chi connectivity index (χ3v) is 11.3. The van der Waals surface area contributed by atoms with Crippen LogP contribution in [0.2, 0.25) is 5.02 Å². The van der Waals surface area contributed by atoms with Gasteiger partial charge in [0.05, 0.1) is 46.7 Å². The van der Waals surface area contributed by atoms with Crippen LogP contribution >= 0.6 is 27.5 Å². The van der Waals surface area contributed by atoms with Gasteiger partial charge in [0.1, 0.15) is 17.1 Å². The topological polar surface area (TPSA) is 162 Å². The summed E-state index contributed by atoms with van der Waals surface area (Å²) in [6, 6.07) is 10.1. The SMILES string of the molecule is COc1cc(Br)cc([C@H]2C3=CC[C@@H]4C(=O)N(c5ccc(C(=O)O)c(O)c5)C(=O)[C@@H]4[C@@H]3C[C@H]3C(=O)N(c4ccc(F)c(Cl)c4)C(=O)[C@@]23C)c1O. The molecule has 4 aliphatic rings. The maximum atomic E-state index is 14.6. The predicted molar refractivity (Wildman–Crippen MR) is 176 cm³/mol. The van der Waals surface area contributed by atoms with E-state index >= 15 is 0 Å². The van der Waals surface area contributed by atoms with Gasteiger partial charge < -0.3 is 20.1 Å². The first-order valence-corrected chi connectivity index (χ1v) is 16.4. The number of allylic oxidation sites excluding steroid dienone is 2. The number of carboxylic acid groups (broad SMARTS) is 1. The number of phenolic OH excluding ortho intramolecular Hbond substituents is 1. The number of hydrogen-bond acceptors (Lipinski definition) is 8. The zero-order valence-corrected chi connectivity index (χ0v) is 28.2. The standard InChI is InChI=1S/C35H27BrClFN2O9/c1-35-22(31(44)40(34(35)48)15-4-8-24(38)23(37)11-15)13-20-17(28(35)21-9-14(36)10-26(49-2)29(21)42)6-7-19-27(20)32(45)39(30(19)43)16-3-5-18(33(46)47)25(41)12-16/h3-6,8-12,19-20,22,27-28,41-42H,7,13H2,1-2H3,(H,46,47)/t19-,20+,22-,27-,28+,35+/m0/s1. The summed E-state index contributed by atoms with van der Waals surface area (Å²) in [6.45, 7) is 1.63. The van der Waals surface area contributed by atoms with E-state index in [4.69, 9.17) is 16.3 Å². The Kier molecular flexibility index (Phi) is 7.63. The van der Waals surface area contributed by atoms with E-state index in [1.54, 1.807) is 25.1 Å². The van der Waals surface area contributed by atoms with Crippen molar-refractivity contribution < 1.29 is 48.4 Å². The van der Waals surface area contributed by atoms with E-state index in [1.165, 1.54) is 25.3 Å². The van der Waals surface area contributed by atoms with Gasteiger partial charge in [-0.15, -0.1) is 0 Å². The summed E-state index contributed by atoms with van der Waals surface area (Å²) >= 11 is 9.51. The van der Waals surface area contributed by atoms with Crippen LogP contribution in [-0.2, 0) is 19.2 Å². The Morgan fingerprint density at radius 1 is 0.980 bits per heavy atom. The number of carbonyl (C=O) groups excluding carboxylic acids is 4. The Morgan fingerprint density at radius 3 is 2.33 bits per heavy atom. The Bertz CT molecular complexity index is 2070. The lowest BCUT2D eigenvalue weighted by atomic mass is 9.51. The molecule has 252 valence electrons. The number of imide groups is 2. The van der Waals surface area contributed by atoms with Gasteiger partial charge in [0.15, 0.2) is 11.5 Å². The quantitative estimate of drug-likeness (QED) is 0.216. The molecular weight excluding hydrogens is 727 g/mol. The molecule has 1 saturated carbocycles. The number of halogens is 3. The van der Waals surface area contributed by atoms with Crippen LogP contribution in [0.15, 0.2) is 64.7 Å². The van der Waals surface area contributed by atoms with Gasteiger partial charge in [0.25, 0.3) is 0 Å². The monoisotopic (exact) mass is 752 g/mol. The Balaban J connectivity index is 1.38. The molecule has 2 heterocycles. The maximum absolute atomic E-state index is 14.6. The Labute approximate surface area is 291 Å². The Morgan fingerprint density at radius 2 is 1.67 bits per heavy atom. The third kappa shape index (κ3) is 4.62. The zero-order chi connectivity index (χ0) is 35.3. The lowest BCUT2D eigenvalue weighted by Gasteiger charge is -2.49. The smallest absolute Gasteiger partial charge is 0.339 e. The summed E-state index contributed by atoms with van der Waals surface area (Å²) in [5.74, 6) is -9.89. The number of benzene rings is 3. The summed E-state index contributed by atoms with van der Waals surface area (Å²) in [4.78, 5) is 70.4. The lowest BCUT2D eigenvalue weighted by Crippen LogP contribution is -2.49. The molecule has 2 aliphatic heterocycles. The molecule has 3 N–H and O–H groups in total. The van der Waals surface area contributed by atoms with Crippen LogP contribution in [0.4, 0.5) is 15.8 Å². The molecule has 7 rings (SSSR count). The second-order valence-electron chi connectivity index (χ2n) is 12.8. The van der Waals surface area contributed by atoms with Crippen LogP contribution in [0.5, 0.6) is 17.2 Å². The van der Waals surface area contributed by atoms with Crippen molar-refractivity contribution in [3.63, 3.8) is 0 Å². The molecule has 2 saturated heterocycles. The average molecular weight is 754 g/mol. The van der Waals surface area contributed by atoms with Gasteiger partial charge in [-0.25, -0.2) is 19.0 Å². The normalized spacial score (nSPS) is 27.5. The third-order valence-electron chi connectivity index (χ3n) is 10.5. The number of aromatic hydroxyl groups is 2. The molecule has 0 spiro atoms. The van der Waals surface area contributed by atoms with Crippen molar-refractivity contribution in [1.29, 1.82) is 0 Å². The summed E-state index contributed by atoms with van der Waals surface area (Å²) in [5, 5.41) is 30.9. The fourth-order valence-electron chi connectivity index (χ4n) is 8.29. The van der Waals surface area contributed by atoms with E-state index in [2.05, 4.69) is 15.9 Å². The molecular formula is C35H27BrClFN2O9. The van der Waals surface area contributed by atoms with Crippen molar-refractivity contribution in [2.45, 2.75) is 25.7 Å². The molecule has 0 aromatic heterocycles. The lowest BCUT2D eigenvalue weighted by molar-refractivity contribution is -0.131. The molecule has 3 aromatic rings. The number of amides is 4. The second-order valence-corrected chi connectivity index (χ2v) is 14.1. The van der Waals surface area contributed by atoms with Gasteiger partial charge in [-0.05, 0) is 68.1 Å². The number of nitrogens with zero attached hydrogens (tertiary/aromatic N) is 2. The number of rotatable bonds is 5. The van der Waals surface area contributed by atoms with Crippen molar-refractivity contribution in [1.82, 2.24) is 0 Å². The number of anilines is 2. The molecule has 0 bridgehead atoms. The van der Waals surface area contributed by atoms with E-state index in [1.807, 2.05) is 0 Å². The number of ether oxygens (including phenoxy) is 1. The summed E-state index contributed by atoms with van der Waals surface area (Å²) in [7, 11) is 1.37. The van der Waals surface area contributed by atoms with E-state index in [0.717, 1.165) is 28.0 Å². The molecule has 2 aliphatic carbocycles. The summed E-state index contributed by atoms with van der Waals surface area (Å²) in [6.07, 6.45) is 1.89. The largest absolute Gasteiger partial charge is 0.507 e. The molecule has 49 heavy (non-hydrogen) atoms. The van der Waals surface area contributed by atoms with Gasteiger partial charge in [-0.2, -0.15) is 0 Å². The minimum Gasteiger partial charge on any atom is -0.507 e. The van der Waals surface area contributed by atoms with E-state index < -0.39 is 81.7 Å². The van der Waals surface area contributed by atoms with Crippen LogP contribution in [0, 0.1) is 34.9 Å². The highest BCUT2D eigenvalue weighted by Gasteiger charge is 2.68. The van der Waals surface area contributed by atoms with Crippen LogP contribution in [0.25, 0.3) is 0 Å². The molecule has 3 fully saturated rings. The van der Waals surface area contributed by atoms with Gasteiger partial charge >= 0.3 is 5.97 Å². The van der Waals surface area contributed by atoms with Crippen LogP contribution in [0.1, 0.15) is 41.6 Å². The summed E-state index contributed by atoms with van der Waals surface area (Å²) in [5.41, 5.74) is -1.02. The predicted octanol–water partition coefficient (Wildman–Crippen LogP) is 5.79. The number of hydrogen-bond donors (Lipinski definition) is 3. The maximum Gasteiger partial charge on any atom is 0.339 e. The van der Waals surface area contributed by atoms with E-state index in [-0.39, 0.29) is 46.3 Å². The number of aromatic carboxylic acids is 1. The molecule has 6 atom stereocenters. The van der Waals surface area contributed by atoms with Crippen LogP contribution in [-0.4, -0.2) is 52.0 Å². The van der Waals surface area contributed by atoms with Crippen LogP contribution < -0.4 is 14.5 Å². The first-order chi connectivity index (χ1) is 23.2. The molecule has 0 unspecified atom stereocenters. The molecule has 0 radical (unpaired) electrons. The van der Waals surface area contributed by atoms with Gasteiger partial charge in [0.2, 0.25) is 23.6 Å². The van der Waals surface area contributed by atoms with E-state index in [9.17, 15) is 43.7 Å². The van der Waals surface area contributed by atoms with E-state index in [0.29, 0.717) is 10.0 Å². The summed E-state index contributed by atoms with van der Waals surface area (Å²) < 4.78 is 20.1. The number of phenols is 2. The van der Waals surface area contributed by atoms with Crippen molar-refractivity contribution in [2.24, 2.45) is 29.1 Å². The zero-order valence-electron chi connectivity index (χ0n) is 25.8. The highest BCUT2D eigenvalue weighted by molar-refractivity contribution is 9.10. The fourth-order valence-corrected chi connectivity index (χ4v) is 8.92. The second kappa shape index (κ2) is 11.4. The minimum atomic E-state index is -1.51. The first-order valence-electron chi connectivity index (χ1n) is 15.2. The fraction of sp³-hybridized carbons (Fsp3) is 0.286. The van der Waals surface area contributed by atoms with Crippen molar-refractivity contribution >= 4 is 68.5 Å². The Hall–Kier alpha value is -4.75. The van der Waals surface area contributed by atoms with Gasteiger partial charge in [-0.1, -0.05) is 39.2 Å². The number of carbonyl (C=O) groups is 5. The molecule has 4 amide bonds. The van der Waals surface area contributed by atoms with Gasteiger partial charge in [-0.3, -0.25) is 19.2 Å². The van der Waals surface area contributed by atoms with Gasteiger partial charge in [0, 0.05) is 22.0 Å².